The molecule has 1 fully saturated rings. The summed E-state index contributed by atoms with van der Waals surface area (Å²) >= 11 is 0. The fourth-order valence-corrected chi connectivity index (χ4v) is 3.75. The van der Waals surface area contributed by atoms with Crippen molar-refractivity contribution in [1.29, 1.82) is 0 Å². The molecule has 1 aromatic carbocycles. The highest BCUT2D eigenvalue weighted by Gasteiger charge is 2.27. The van der Waals surface area contributed by atoms with Crippen LogP contribution in [-0.4, -0.2) is 32.6 Å². The third kappa shape index (κ3) is 2.86. The van der Waals surface area contributed by atoms with Crippen LogP contribution in [0.2, 0.25) is 0 Å². The molecule has 0 radical (unpaired) electrons. The van der Waals surface area contributed by atoms with Crippen molar-refractivity contribution in [2.75, 3.05) is 30.3 Å². The van der Waals surface area contributed by atoms with E-state index in [1.54, 1.807) is 12.1 Å². The van der Waals surface area contributed by atoms with Gasteiger partial charge in [0.25, 0.3) is 0 Å². The van der Waals surface area contributed by atoms with Crippen LogP contribution in [-0.2, 0) is 10.2 Å². The van der Waals surface area contributed by atoms with Crippen LogP contribution in [0.3, 0.4) is 0 Å². The number of benzene rings is 1. The van der Waals surface area contributed by atoms with Gasteiger partial charge in [0.2, 0.25) is 6.79 Å². The van der Waals surface area contributed by atoms with Crippen molar-refractivity contribution in [3.8, 4) is 11.5 Å². The maximum absolute atomic E-state index is 12.4. The Morgan fingerprint density at radius 1 is 1.24 bits per heavy atom. The van der Waals surface area contributed by atoms with Crippen LogP contribution in [0.15, 0.2) is 12.1 Å². The van der Waals surface area contributed by atoms with E-state index in [4.69, 9.17) is 15.2 Å². The lowest BCUT2D eigenvalue weighted by atomic mass is 10.0. The van der Waals surface area contributed by atoms with E-state index in [2.05, 4.69) is 11.6 Å². The van der Waals surface area contributed by atoms with E-state index >= 15 is 0 Å². The van der Waals surface area contributed by atoms with Crippen LogP contribution in [0.5, 0.6) is 11.5 Å². The van der Waals surface area contributed by atoms with Gasteiger partial charge in [0.15, 0.2) is 11.5 Å². The average molecular weight is 313 g/mol. The first-order valence-electron chi connectivity index (χ1n) is 6.93. The Balaban J connectivity index is 1.79. The van der Waals surface area contributed by atoms with Crippen molar-refractivity contribution in [1.82, 2.24) is 4.31 Å². The van der Waals surface area contributed by atoms with Gasteiger partial charge >= 0.3 is 10.2 Å². The second-order valence-electron chi connectivity index (χ2n) is 5.48. The Labute approximate surface area is 124 Å². The van der Waals surface area contributed by atoms with Crippen LogP contribution in [0, 0.1) is 5.92 Å². The highest BCUT2D eigenvalue weighted by Crippen LogP contribution is 2.38. The molecule has 0 saturated carbocycles. The molecule has 0 aromatic heterocycles. The first kappa shape index (κ1) is 14.3. The normalized spacial score (nSPS) is 19.7. The van der Waals surface area contributed by atoms with Crippen LogP contribution in [0.25, 0.3) is 0 Å². The lowest BCUT2D eigenvalue weighted by molar-refractivity contribution is 0.174. The molecule has 8 heteroatoms. The van der Waals surface area contributed by atoms with Crippen molar-refractivity contribution in [3.63, 3.8) is 0 Å². The number of piperidine rings is 1. The zero-order valence-electron chi connectivity index (χ0n) is 11.8. The largest absolute Gasteiger partial charge is 0.454 e. The Morgan fingerprint density at radius 3 is 2.52 bits per heavy atom. The topological polar surface area (TPSA) is 93.9 Å². The molecule has 0 bridgehead atoms. The molecule has 0 spiro atoms. The number of fused-ring (bicyclic) bond motifs is 1. The minimum Gasteiger partial charge on any atom is -0.454 e. The fraction of sp³-hybridized carbons (Fsp3) is 0.538. The van der Waals surface area contributed by atoms with Crippen molar-refractivity contribution in [2.45, 2.75) is 19.8 Å². The highest BCUT2D eigenvalue weighted by molar-refractivity contribution is 7.90. The summed E-state index contributed by atoms with van der Waals surface area (Å²) in [5.74, 6) is 1.59. The van der Waals surface area contributed by atoms with E-state index in [0.29, 0.717) is 41.9 Å². The molecule has 1 aromatic rings. The predicted octanol–water partition coefficient (Wildman–Crippen LogP) is 1.39. The van der Waals surface area contributed by atoms with Gasteiger partial charge in [0, 0.05) is 25.2 Å². The molecule has 2 heterocycles. The Hall–Kier alpha value is -1.67. The van der Waals surface area contributed by atoms with Gasteiger partial charge in [-0.1, -0.05) is 6.92 Å². The quantitative estimate of drug-likeness (QED) is 0.822. The second kappa shape index (κ2) is 5.27. The first-order chi connectivity index (χ1) is 9.95. The SMILES string of the molecule is CC1CCN(S(=O)(=O)Nc2cc3c(cc2N)OCO3)CC1. The number of rotatable bonds is 3. The van der Waals surface area contributed by atoms with Gasteiger partial charge in [-0.2, -0.15) is 12.7 Å². The van der Waals surface area contributed by atoms with Gasteiger partial charge in [-0.3, -0.25) is 4.72 Å². The Bertz CT molecular complexity index is 639. The van der Waals surface area contributed by atoms with Crippen LogP contribution >= 0.6 is 0 Å². The van der Waals surface area contributed by atoms with Gasteiger partial charge < -0.3 is 15.2 Å². The summed E-state index contributed by atoms with van der Waals surface area (Å²) in [5.41, 5.74) is 6.50. The van der Waals surface area contributed by atoms with Crippen LogP contribution < -0.4 is 19.9 Å². The summed E-state index contributed by atoms with van der Waals surface area (Å²) in [7, 11) is -3.59. The lowest BCUT2D eigenvalue weighted by Crippen LogP contribution is -2.41. The summed E-state index contributed by atoms with van der Waals surface area (Å²) in [6.45, 7) is 3.31. The fourth-order valence-electron chi connectivity index (χ4n) is 2.47. The predicted molar refractivity (Wildman–Crippen MR) is 79.5 cm³/mol. The Kier molecular flexibility index (Phi) is 3.58. The molecule has 3 rings (SSSR count). The zero-order chi connectivity index (χ0) is 15.0. The number of nitrogens with two attached hydrogens (primary N) is 1. The summed E-state index contributed by atoms with van der Waals surface area (Å²) in [6, 6.07) is 3.13. The molecule has 0 aliphatic carbocycles. The van der Waals surface area contributed by atoms with Crippen molar-refractivity contribution in [2.24, 2.45) is 5.92 Å². The monoisotopic (exact) mass is 313 g/mol. The maximum Gasteiger partial charge on any atom is 0.301 e. The van der Waals surface area contributed by atoms with E-state index in [9.17, 15) is 8.42 Å². The molecule has 21 heavy (non-hydrogen) atoms. The number of nitrogens with zero attached hydrogens (tertiary/aromatic N) is 1. The smallest absolute Gasteiger partial charge is 0.301 e. The van der Waals surface area contributed by atoms with E-state index in [1.807, 2.05) is 0 Å². The molecule has 116 valence electrons. The van der Waals surface area contributed by atoms with Gasteiger partial charge in [0.05, 0.1) is 11.4 Å². The summed E-state index contributed by atoms with van der Waals surface area (Å²) in [6.07, 6.45) is 1.75. The lowest BCUT2D eigenvalue weighted by Gasteiger charge is -2.29. The molecule has 1 saturated heterocycles. The summed E-state index contributed by atoms with van der Waals surface area (Å²) < 4.78 is 39.2. The first-order valence-corrected chi connectivity index (χ1v) is 8.37. The molecule has 0 atom stereocenters. The van der Waals surface area contributed by atoms with Crippen molar-refractivity contribution >= 4 is 21.6 Å². The number of nitrogens with one attached hydrogen (secondary N) is 1. The summed E-state index contributed by atoms with van der Waals surface area (Å²) in [5, 5.41) is 0. The van der Waals surface area contributed by atoms with E-state index < -0.39 is 10.2 Å². The molecular weight excluding hydrogens is 294 g/mol. The van der Waals surface area contributed by atoms with Crippen molar-refractivity contribution < 1.29 is 17.9 Å². The van der Waals surface area contributed by atoms with Crippen LogP contribution in [0.4, 0.5) is 11.4 Å². The van der Waals surface area contributed by atoms with Crippen molar-refractivity contribution in [3.05, 3.63) is 12.1 Å². The third-order valence-corrected chi connectivity index (χ3v) is 5.39. The molecule has 0 unspecified atom stereocenters. The van der Waals surface area contributed by atoms with Gasteiger partial charge in [-0.25, -0.2) is 0 Å². The molecule has 0 amide bonds. The van der Waals surface area contributed by atoms with E-state index in [0.717, 1.165) is 12.8 Å². The van der Waals surface area contributed by atoms with Gasteiger partial charge in [-0.05, 0) is 18.8 Å². The second-order valence-corrected chi connectivity index (χ2v) is 7.15. The highest BCUT2D eigenvalue weighted by atomic mass is 32.2. The number of anilines is 2. The number of nitrogen functional groups attached to an aromatic ring is 1. The molecule has 7 nitrogen and oxygen atoms in total. The van der Waals surface area contributed by atoms with Gasteiger partial charge in [0.1, 0.15) is 0 Å². The third-order valence-electron chi connectivity index (χ3n) is 3.87. The average Bonchev–Trinajstić information content (AvgIpc) is 2.86. The number of hydrogen-bond donors (Lipinski definition) is 2. The van der Waals surface area contributed by atoms with E-state index in [1.165, 1.54) is 4.31 Å². The standard InChI is InChI=1S/C13H19N3O4S/c1-9-2-4-16(5-3-9)21(17,18)15-11-7-13-12(6-10(11)14)19-8-20-13/h6-7,9,15H,2-5,8,14H2,1H3. The minimum atomic E-state index is -3.59. The zero-order valence-corrected chi connectivity index (χ0v) is 12.6. The molecule has 3 N–H and O–H groups in total. The number of hydrogen-bond acceptors (Lipinski definition) is 5. The molecule has 2 aliphatic heterocycles. The Morgan fingerprint density at radius 2 is 1.86 bits per heavy atom. The van der Waals surface area contributed by atoms with Crippen LogP contribution in [0.1, 0.15) is 19.8 Å². The molecule has 2 aliphatic rings. The summed E-state index contributed by atoms with van der Waals surface area (Å²) in [4.78, 5) is 0. The minimum absolute atomic E-state index is 0.120. The maximum atomic E-state index is 12.4. The molecular formula is C13H19N3O4S. The van der Waals surface area contributed by atoms with E-state index in [-0.39, 0.29) is 6.79 Å². The van der Waals surface area contributed by atoms with Gasteiger partial charge in [-0.15, -0.1) is 0 Å². The number of ether oxygens (including phenoxy) is 2.